The van der Waals surface area contributed by atoms with E-state index in [9.17, 15) is 9.90 Å². The second-order valence-corrected chi connectivity index (χ2v) is 13.9. The molecule has 0 spiro atoms. The van der Waals surface area contributed by atoms with E-state index in [4.69, 9.17) is 9.47 Å². The number of fused-ring (bicyclic) bond motifs is 3. The van der Waals surface area contributed by atoms with E-state index >= 15 is 0 Å². The number of carbonyl (C=O) groups excluding carboxylic acids is 1. The summed E-state index contributed by atoms with van der Waals surface area (Å²) in [6, 6.07) is 13.8. The second kappa shape index (κ2) is 10.8. The van der Waals surface area contributed by atoms with E-state index in [0.717, 1.165) is 55.7 Å². The van der Waals surface area contributed by atoms with Gasteiger partial charge < -0.3 is 19.1 Å². The first-order chi connectivity index (χ1) is 18.1. The summed E-state index contributed by atoms with van der Waals surface area (Å²) >= 11 is 2.77. The van der Waals surface area contributed by atoms with E-state index in [1.165, 1.54) is 33.8 Å². The van der Waals surface area contributed by atoms with Gasteiger partial charge in [0.15, 0.2) is 6.10 Å². The van der Waals surface area contributed by atoms with Crippen molar-refractivity contribution in [3.8, 4) is 5.75 Å². The van der Waals surface area contributed by atoms with Gasteiger partial charge in [-0.15, -0.1) is 22.7 Å². The molecule has 0 radical (unpaired) electrons. The number of quaternary nitrogens is 1. The van der Waals surface area contributed by atoms with Crippen molar-refractivity contribution in [3.63, 3.8) is 0 Å². The Morgan fingerprint density at radius 2 is 1.68 bits per heavy atom. The van der Waals surface area contributed by atoms with Crippen molar-refractivity contribution in [2.75, 3.05) is 32.8 Å². The molecule has 0 aliphatic carbocycles. The number of aliphatic hydroxyl groups is 1. The van der Waals surface area contributed by atoms with Crippen LogP contribution in [0.1, 0.15) is 60.9 Å². The Hall–Kier alpha value is -2.19. The van der Waals surface area contributed by atoms with Crippen molar-refractivity contribution >= 4 is 28.6 Å². The number of piperidine rings is 3. The van der Waals surface area contributed by atoms with Gasteiger partial charge in [0.25, 0.3) is 0 Å². The molecule has 2 bridgehead atoms. The Labute approximate surface area is 234 Å². The van der Waals surface area contributed by atoms with Gasteiger partial charge in [-0.05, 0) is 46.4 Å². The molecule has 3 fully saturated rings. The fourth-order valence-electron chi connectivity index (χ4n) is 6.19. The minimum atomic E-state index is -1.74. The number of esters is 1. The number of carbonyl (C=O) groups is 1. The lowest BCUT2D eigenvalue weighted by Crippen LogP contribution is -2.65. The first kappa shape index (κ1) is 27.4. The van der Waals surface area contributed by atoms with E-state index in [1.54, 1.807) is 0 Å². The van der Waals surface area contributed by atoms with Crippen LogP contribution in [0.4, 0.5) is 0 Å². The Balaban J connectivity index is 1.23. The van der Waals surface area contributed by atoms with Crippen molar-refractivity contribution in [3.05, 3.63) is 74.1 Å². The lowest BCUT2D eigenvalue weighted by atomic mass is 9.83. The highest BCUT2D eigenvalue weighted by Gasteiger charge is 2.51. The van der Waals surface area contributed by atoms with E-state index in [-0.39, 0.29) is 11.5 Å². The maximum atomic E-state index is 13.6. The van der Waals surface area contributed by atoms with Crippen LogP contribution in [0.3, 0.4) is 0 Å². The molecule has 3 aliphatic rings. The maximum absolute atomic E-state index is 13.6. The molecule has 0 amide bonds. The molecule has 6 rings (SSSR count). The van der Waals surface area contributed by atoms with E-state index in [1.807, 2.05) is 35.0 Å². The molecule has 7 heteroatoms. The van der Waals surface area contributed by atoms with Crippen LogP contribution in [0, 0.1) is 12.8 Å². The van der Waals surface area contributed by atoms with E-state index in [2.05, 4.69) is 45.9 Å². The van der Waals surface area contributed by atoms with Gasteiger partial charge in [-0.2, -0.15) is 0 Å². The first-order valence-electron chi connectivity index (χ1n) is 13.7. The van der Waals surface area contributed by atoms with E-state index < -0.39 is 11.6 Å². The molecule has 1 N–H and O–H groups in total. The molecule has 1 atom stereocenters. The summed E-state index contributed by atoms with van der Waals surface area (Å²) in [6.45, 7) is 13.6. The molecule has 3 aromatic rings. The van der Waals surface area contributed by atoms with Crippen LogP contribution in [0.25, 0.3) is 0 Å². The van der Waals surface area contributed by atoms with Crippen molar-refractivity contribution in [1.29, 1.82) is 0 Å². The van der Waals surface area contributed by atoms with Gasteiger partial charge in [0.05, 0.1) is 36.0 Å². The quantitative estimate of drug-likeness (QED) is 0.192. The van der Waals surface area contributed by atoms with Crippen LogP contribution in [0.2, 0.25) is 0 Å². The van der Waals surface area contributed by atoms with Gasteiger partial charge in [0.2, 0.25) is 5.60 Å². The zero-order valence-corrected chi connectivity index (χ0v) is 24.6. The van der Waals surface area contributed by atoms with Gasteiger partial charge in [0.1, 0.15) is 12.3 Å². The van der Waals surface area contributed by atoms with Gasteiger partial charge in [0, 0.05) is 25.2 Å². The molecule has 0 unspecified atom stereocenters. The molecular formula is C31H40NO4S2+. The largest absolute Gasteiger partial charge is 0.493 e. The van der Waals surface area contributed by atoms with Crippen molar-refractivity contribution < 1.29 is 23.9 Å². The Morgan fingerprint density at radius 3 is 2.26 bits per heavy atom. The summed E-state index contributed by atoms with van der Waals surface area (Å²) in [7, 11) is 0. The minimum Gasteiger partial charge on any atom is -0.493 e. The normalized spacial score (nSPS) is 23.4. The number of hydrogen-bond donors (Lipinski definition) is 1. The number of ether oxygens (including phenoxy) is 2. The number of rotatable bonds is 9. The average molecular weight is 555 g/mol. The summed E-state index contributed by atoms with van der Waals surface area (Å²) < 4.78 is 13.5. The third-order valence-electron chi connectivity index (χ3n) is 8.39. The molecule has 204 valence electrons. The van der Waals surface area contributed by atoms with Crippen LogP contribution in [-0.4, -0.2) is 54.4 Å². The SMILES string of the molecule is Cc1cccc(C(C)(C)C)c1OCCC[N+]12CCC(CC1)[C@@H](OC(=O)C(O)(c1cccs1)c1cccs1)C2. The highest BCUT2D eigenvalue weighted by Crippen LogP contribution is 2.41. The third kappa shape index (κ3) is 5.31. The minimum absolute atomic E-state index is 0.0309. The zero-order chi connectivity index (χ0) is 27.0. The smallest absolute Gasteiger partial charge is 0.349 e. The van der Waals surface area contributed by atoms with Gasteiger partial charge in [-0.1, -0.05) is 51.1 Å². The number of para-hydroxylation sites is 1. The highest BCUT2D eigenvalue weighted by molar-refractivity contribution is 7.12. The lowest BCUT2D eigenvalue weighted by molar-refractivity contribution is -0.946. The summed E-state index contributed by atoms with van der Waals surface area (Å²) in [5.74, 6) is 0.843. The van der Waals surface area contributed by atoms with Crippen LogP contribution >= 0.6 is 22.7 Å². The zero-order valence-electron chi connectivity index (χ0n) is 22.9. The monoisotopic (exact) mass is 554 g/mol. The lowest BCUT2D eigenvalue weighted by Gasteiger charge is -2.52. The summed E-state index contributed by atoms with van der Waals surface area (Å²) in [5.41, 5.74) is 0.715. The molecule has 0 saturated carbocycles. The first-order valence-corrected chi connectivity index (χ1v) is 15.5. The van der Waals surface area contributed by atoms with Crippen molar-refractivity contribution in [2.24, 2.45) is 5.92 Å². The molecule has 2 aromatic heterocycles. The molecule has 3 saturated heterocycles. The third-order valence-corrected chi connectivity index (χ3v) is 10.4. The number of hydrogen-bond acceptors (Lipinski definition) is 6. The molecule has 3 aliphatic heterocycles. The van der Waals surface area contributed by atoms with Crippen molar-refractivity contribution in [1.82, 2.24) is 0 Å². The summed E-state index contributed by atoms with van der Waals surface area (Å²) in [6.07, 6.45) is 2.90. The Bertz CT molecular complexity index is 1190. The van der Waals surface area contributed by atoms with Crippen LogP contribution < -0.4 is 4.74 Å². The predicted molar refractivity (Wildman–Crippen MR) is 154 cm³/mol. The number of aryl methyl sites for hydroxylation is 1. The highest BCUT2D eigenvalue weighted by atomic mass is 32.1. The van der Waals surface area contributed by atoms with Crippen LogP contribution in [-0.2, 0) is 20.5 Å². The van der Waals surface area contributed by atoms with Crippen LogP contribution in [0.5, 0.6) is 5.75 Å². The summed E-state index contributed by atoms with van der Waals surface area (Å²) in [5, 5.41) is 15.4. The number of benzene rings is 1. The second-order valence-electron chi connectivity index (χ2n) is 12.0. The van der Waals surface area contributed by atoms with Gasteiger partial charge in [-0.3, -0.25) is 0 Å². The molecule has 5 heterocycles. The molecule has 1 aromatic carbocycles. The van der Waals surface area contributed by atoms with Crippen molar-refractivity contribution in [2.45, 2.75) is 64.1 Å². The average Bonchev–Trinajstić information content (AvgIpc) is 3.62. The predicted octanol–water partition coefficient (Wildman–Crippen LogP) is 6.27. The topological polar surface area (TPSA) is 55.8 Å². The molecule has 5 nitrogen and oxygen atoms in total. The summed E-state index contributed by atoms with van der Waals surface area (Å²) in [4.78, 5) is 14.8. The van der Waals surface area contributed by atoms with Gasteiger partial charge in [-0.25, -0.2) is 4.79 Å². The number of nitrogens with zero attached hydrogens (tertiary/aromatic N) is 1. The maximum Gasteiger partial charge on any atom is 0.349 e. The Kier molecular flexibility index (Phi) is 7.75. The molecule has 38 heavy (non-hydrogen) atoms. The fraction of sp³-hybridized carbons (Fsp3) is 0.516. The standard InChI is InChI=1S/C31H40NO4S2/c1-22-9-5-10-24(30(2,3)4)28(22)35-18-8-15-32-16-13-23(14-17-32)25(21-32)36-29(33)31(34,26-11-6-19-37-26)27-12-7-20-38-27/h5-7,9-12,19-20,23,25,34H,8,13-18,21H2,1-4H3/q+1/t23?,25-,32?/m0/s1. The van der Waals surface area contributed by atoms with Crippen LogP contribution in [0.15, 0.2) is 53.2 Å². The number of thiophene rings is 2. The van der Waals surface area contributed by atoms with Gasteiger partial charge >= 0.3 is 5.97 Å². The molecular weight excluding hydrogens is 514 g/mol. The fourth-order valence-corrected chi connectivity index (χ4v) is 7.91. The Morgan fingerprint density at radius 1 is 1.03 bits per heavy atom. The van der Waals surface area contributed by atoms with E-state index in [0.29, 0.717) is 22.3 Å².